The van der Waals surface area contributed by atoms with Crippen LogP contribution in [-0.2, 0) is 0 Å². The van der Waals surface area contributed by atoms with E-state index in [4.69, 9.17) is 10.8 Å². The van der Waals surface area contributed by atoms with Crippen molar-refractivity contribution in [1.29, 1.82) is 0 Å². The van der Waals surface area contributed by atoms with Crippen LogP contribution in [0.1, 0.15) is 17.2 Å². The zero-order valence-electron chi connectivity index (χ0n) is 6.62. The highest BCUT2D eigenvalue weighted by Crippen LogP contribution is 2.13. The van der Waals surface area contributed by atoms with E-state index in [1.165, 1.54) is 0 Å². The van der Waals surface area contributed by atoms with Crippen LogP contribution in [0.5, 0.6) is 0 Å². The number of aliphatic hydroxyl groups excluding tert-OH is 1. The van der Waals surface area contributed by atoms with Gasteiger partial charge in [-0.05, 0) is 18.1 Å². The van der Waals surface area contributed by atoms with E-state index in [9.17, 15) is 0 Å². The summed E-state index contributed by atoms with van der Waals surface area (Å²) in [4.78, 5) is 0. The van der Waals surface area contributed by atoms with Gasteiger partial charge in [-0.1, -0.05) is 24.3 Å². The largest absolute Gasteiger partial charge is 0.394 e. The number of nitrogens with two attached hydrogens (primary N) is 1. The maximum Gasteiger partial charge on any atom is 0.0624 e. The van der Waals surface area contributed by atoms with Gasteiger partial charge in [-0.3, -0.25) is 0 Å². The van der Waals surface area contributed by atoms with Gasteiger partial charge in [0.25, 0.3) is 0 Å². The summed E-state index contributed by atoms with van der Waals surface area (Å²) < 4.78 is 0. The van der Waals surface area contributed by atoms with Crippen molar-refractivity contribution < 1.29 is 5.11 Å². The fourth-order valence-electron chi connectivity index (χ4n) is 1.10. The van der Waals surface area contributed by atoms with E-state index in [0.29, 0.717) is 0 Å². The standard InChI is InChI=1S/C9H13NO/c1-7-4-2-3-5-8(7)9(10)6-11/h2-5,9,11H,6,10H2,1H3/t9-/m0/s1. The summed E-state index contributed by atoms with van der Waals surface area (Å²) in [6, 6.07) is 7.58. The molecule has 0 aromatic heterocycles. The summed E-state index contributed by atoms with van der Waals surface area (Å²) in [6.07, 6.45) is 0. The van der Waals surface area contributed by atoms with Gasteiger partial charge in [0.1, 0.15) is 0 Å². The van der Waals surface area contributed by atoms with Gasteiger partial charge < -0.3 is 10.8 Å². The van der Waals surface area contributed by atoms with Crippen molar-refractivity contribution in [3.05, 3.63) is 35.4 Å². The van der Waals surface area contributed by atoms with Gasteiger partial charge in [-0.15, -0.1) is 0 Å². The van der Waals surface area contributed by atoms with Crippen molar-refractivity contribution in [2.24, 2.45) is 5.73 Å². The molecule has 0 heterocycles. The number of rotatable bonds is 2. The molecular formula is C9H13NO. The van der Waals surface area contributed by atoms with Crippen LogP contribution >= 0.6 is 0 Å². The Morgan fingerprint density at radius 2 is 2.09 bits per heavy atom. The third kappa shape index (κ3) is 1.79. The fourth-order valence-corrected chi connectivity index (χ4v) is 1.10. The Morgan fingerprint density at radius 1 is 1.45 bits per heavy atom. The van der Waals surface area contributed by atoms with E-state index in [1.54, 1.807) is 0 Å². The van der Waals surface area contributed by atoms with E-state index in [1.807, 2.05) is 31.2 Å². The predicted octanol–water partition coefficient (Wildman–Crippen LogP) is 0.987. The Labute approximate surface area is 66.7 Å². The zero-order valence-corrected chi connectivity index (χ0v) is 6.62. The molecule has 0 fully saturated rings. The molecule has 0 spiro atoms. The normalized spacial score (nSPS) is 13.0. The molecule has 0 aliphatic heterocycles. The SMILES string of the molecule is Cc1ccccc1[C@@H](N)CO. The summed E-state index contributed by atoms with van der Waals surface area (Å²) in [7, 11) is 0. The van der Waals surface area contributed by atoms with Gasteiger partial charge in [0, 0.05) is 0 Å². The highest BCUT2D eigenvalue weighted by atomic mass is 16.3. The molecule has 2 heteroatoms. The molecule has 60 valence electrons. The Morgan fingerprint density at radius 3 is 2.64 bits per heavy atom. The van der Waals surface area contributed by atoms with Crippen molar-refractivity contribution in [2.45, 2.75) is 13.0 Å². The fraction of sp³-hybridized carbons (Fsp3) is 0.333. The Bertz CT molecular complexity index is 235. The lowest BCUT2D eigenvalue weighted by atomic mass is 10.0. The van der Waals surface area contributed by atoms with Crippen LogP contribution in [0.2, 0.25) is 0 Å². The molecule has 0 amide bonds. The van der Waals surface area contributed by atoms with Gasteiger partial charge in [0.2, 0.25) is 0 Å². The zero-order chi connectivity index (χ0) is 8.27. The van der Waals surface area contributed by atoms with Crippen LogP contribution in [-0.4, -0.2) is 11.7 Å². The van der Waals surface area contributed by atoms with Crippen LogP contribution in [0.4, 0.5) is 0 Å². The first-order valence-electron chi connectivity index (χ1n) is 3.67. The Kier molecular flexibility index (Phi) is 2.63. The predicted molar refractivity (Wildman–Crippen MR) is 45.2 cm³/mol. The Hall–Kier alpha value is -0.860. The molecule has 0 aliphatic carbocycles. The van der Waals surface area contributed by atoms with E-state index in [0.717, 1.165) is 11.1 Å². The molecule has 1 aromatic rings. The lowest BCUT2D eigenvalue weighted by Crippen LogP contribution is -2.15. The summed E-state index contributed by atoms with van der Waals surface area (Å²) in [6.45, 7) is 2.00. The number of benzene rings is 1. The van der Waals surface area contributed by atoms with E-state index >= 15 is 0 Å². The minimum Gasteiger partial charge on any atom is -0.394 e. The molecule has 0 saturated carbocycles. The highest BCUT2D eigenvalue weighted by Gasteiger charge is 2.04. The van der Waals surface area contributed by atoms with Crippen molar-refractivity contribution >= 4 is 0 Å². The van der Waals surface area contributed by atoms with Gasteiger partial charge >= 0.3 is 0 Å². The maximum atomic E-state index is 8.79. The number of aryl methyl sites for hydroxylation is 1. The monoisotopic (exact) mass is 151 g/mol. The molecule has 1 rings (SSSR count). The molecule has 1 atom stereocenters. The minimum atomic E-state index is -0.240. The van der Waals surface area contributed by atoms with Gasteiger partial charge in [0.05, 0.1) is 12.6 Å². The van der Waals surface area contributed by atoms with Crippen molar-refractivity contribution in [1.82, 2.24) is 0 Å². The summed E-state index contributed by atoms with van der Waals surface area (Å²) >= 11 is 0. The van der Waals surface area contributed by atoms with Crippen molar-refractivity contribution in [3.63, 3.8) is 0 Å². The molecule has 0 bridgehead atoms. The first-order valence-corrected chi connectivity index (χ1v) is 3.67. The topological polar surface area (TPSA) is 46.2 Å². The lowest BCUT2D eigenvalue weighted by molar-refractivity contribution is 0.267. The van der Waals surface area contributed by atoms with Gasteiger partial charge in [-0.2, -0.15) is 0 Å². The Balaban J connectivity index is 2.93. The van der Waals surface area contributed by atoms with Crippen LogP contribution in [0.15, 0.2) is 24.3 Å². The van der Waals surface area contributed by atoms with Crippen molar-refractivity contribution in [2.75, 3.05) is 6.61 Å². The third-order valence-electron chi connectivity index (χ3n) is 1.78. The van der Waals surface area contributed by atoms with Crippen LogP contribution < -0.4 is 5.73 Å². The molecular weight excluding hydrogens is 138 g/mol. The van der Waals surface area contributed by atoms with E-state index in [-0.39, 0.29) is 12.6 Å². The molecule has 2 nitrogen and oxygen atoms in total. The smallest absolute Gasteiger partial charge is 0.0624 e. The average molecular weight is 151 g/mol. The summed E-state index contributed by atoms with van der Waals surface area (Å²) in [5.41, 5.74) is 7.80. The van der Waals surface area contributed by atoms with E-state index in [2.05, 4.69) is 0 Å². The second kappa shape index (κ2) is 3.51. The maximum absolute atomic E-state index is 8.79. The number of hydrogen-bond acceptors (Lipinski definition) is 2. The second-order valence-corrected chi connectivity index (χ2v) is 2.65. The lowest BCUT2D eigenvalue weighted by Gasteiger charge is -2.10. The van der Waals surface area contributed by atoms with Gasteiger partial charge in [-0.25, -0.2) is 0 Å². The molecule has 0 saturated heterocycles. The quantitative estimate of drug-likeness (QED) is 0.662. The van der Waals surface area contributed by atoms with E-state index < -0.39 is 0 Å². The average Bonchev–Trinajstić information content (AvgIpc) is 2.04. The molecule has 1 aromatic carbocycles. The van der Waals surface area contributed by atoms with Crippen LogP contribution in [0.25, 0.3) is 0 Å². The first kappa shape index (κ1) is 8.24. The summed E-state index contributed by atoms with van der Waals surface area (Å²) in [5, 5.41) is 8.79. The second-order valence-electron chi connectivity index (χ2n) is 2.65. The molecule has 0 unspecified atom stereocenters. The number of hydrogen-bond donors (Lipinski definition) is 2. The summed E-state index contributed by atoms with van der Waals surface area (Å²) in [5.74, 6) is 0. The molecule has 0 aliphatic rings. The first-order chi connectivity index (χ1) is 5.25. The highest BCUT2D eigenvalue weighted by molar-refractivity contribution is 5.28. The third-order valence-corrected chi connectivity index (χ3v) is 1.78. The molecule has 0 radical (unpaired) electrons. The molecule has 11 heavy (non-hydrogen) atoms. The van der Waals surface area contributed by atoms with Crippen LogP contribution in [0, 0.1) is 6.92 Å². The van der Waals surface area contributed by atoms with Gasteiger partial charge in [0.15, 0.2) is 0 Å². The number of aliphatic hydroxyl groups is 1. The molecule has 3 N–H and O–H groups in total. The van der Waals surface area contributed by atoms with Crippen molar-refractivity contribution in [3.8, 4) is 0 Å². The van der Waals surface area contributed by atoms with Crippen LogP contribution in [0.3, 0.4) is 0 Å². The minimum absolute atomic E-state index is 0.00481.